The minimum absolute atomic E-state index is 0.159. The molecule has 1 heterocycles. The van der Waals surface area contributed by atoms with Crippen LogP contribution in [0.15, 0.2) is 24.3 Å². The Bertz CT molecular complexity index is 662. The van der Waals surface area contributed by atoms with Gasteiger partial charge in [-0.05, 0) is 37.0 Å². The molecule has 21 heavy (non-hydrogen) atoms. The van der Waals surface area contributed by atoms with E-state index >= 15 is 0 Å². The first-order valence-electron chi connectivity index (χ1n) is 7.49. The zero-order valence-electron chi connectivity index (χ0n) is 13.6. The van der Waals surface area contributed by atoms with Crippen LogP contribution in [0.25, 0.3) is 10.9 Å². The minimum atomic E-state index is 0.159. The summed E-state index contributed by atoms with van der Waals surface area (Å²) in [5.74, 6) is 0.642. The fourth-order valence-electron chi connectivity index (χ4n) is 2.77. The van der Waals surface area contributed by atoms with Gasteiger partial charge < -0.3 is 4.90 Å². The van der Waals surface area contributed by atoms with Crippen molar-refractivity contribution in [2.75, 3.05) is 13.6 Å². The average molecular weight is 284 g/mol. The maximum Gasteiger partial charge on any atom is 0.226 e. The third kappa shape index (κ3) is 3.41. The number of nitrogens with zero attached hydrogens (tertiary/aromatic N) is 2. The number of fused-ring (bicyclic) bond motifs is 1. The van der Waals surface area contributed by atoms with Crippen molar-refractivity contribution in [1.82, 2.24) is 9.88 Å². The summed E-state index contributed by atoms with van der Waals surface area (Å²) in [5, 5.41) is 1.14. The number of amides is 1. The lowest BCUT2D eigenvalue weighted by Crippen LogP contribution is -2.32. The third-order valence-electron chi connectivity index (χ3n) is 3.88. The van der Waals surface area contributed by atoms with Gasteiger partial charge in [-0.1, -0.05) is 32.0 Å². The molecule has 0 aliphatic rings. The Hall–Kier alpha value is -1.90. The van der Waals surface area contributed by atoms with Crippen LogP contribution in [0, 0.1) is 19.8 Å². The molecule has 0 bridgehead atoms. The molecule has 3 nitrogen and oxygen atoms in total. The van der Waals surface area contributed by atoms with Gasteiger partial charge in [0.2, 0.25) is 5.91 Å². The number of likely N-dealkylation sites (N-methyl/N-ethyl adjacent to an activating group) is 1. The summed E-state index contributed by atoms with van der Waals surface area (Å²) in [6, 6.07) is 8.10. The van der Waals surface area contributed by atoms with Gasteiger partial charge in [-0.3, -0.25) is 9.78 Å². The lowest BCUT2D eigenvalue weighted by Gasteiger charge is -2.20. The zero-order chi connectivity index (χ0) is 15.6. The summed E-state index contributed by atoms with van der Waals surface area (Å²) < 4.78 is 0. The van der Waals surface area contributed by atoms with Crippen molar-refractivity contribution in [3.05, 3.63) is 41.1 Å². The molecular weight excluding hydrogens is 260 g/mol. The Morgan fingerprint density at radius 2 is 1.90 bits per heavy atom. The van der Waals surface area contributed by atoms with Crippen molar-refractivity contribution in [1.29, 1.82) is 0 Å². The van der Waals surface area contributed by atoms with E-state index in [0.29, 0.717) is 12.3 Å². The van der Waals surface area contributed by atoms with E-state index in [9.17, 15) is 4.79 Å². The summed E-state index contributed by atoms with van der Waals surface area (Å²) in [4.78, 5) is 18.8. The van der Waals surface area contributed by atoms with E-state index in [1.165, 1.54) is 5.56 Å². The molecule has 0 aliphatic carbocycles. The fraction of sp³-hybridized carbons (Fsp3) is 0.444. The molecule has 1 aromatic heterocycles. The van der Waals surface area contributed by atoms with Crippen molar-refractivity contribution in [3.8, 4) is 0 Å². The summed E-state index contributed by atoms with van der Waals surface area (Å²) in [6.45, 7) is 9.11. The highest BCUT2D eigenvalue weighted by atomic mass is 16.2. The Morgan fingerprint density at radius 1 is 1.24 bits per heavy atom. The first-order valence-corrected chi connectivity index (χ1v) is 7.49. The van der Waals surface area contributed by atoms with Crippen LogP contribution in [-0.2, 0) is 11.2 Å². The van der Waals surface area contributed by atoms with Crippen LogP contribution in [0.3, 0.4) is 0 Å². The Labute approximate surface area is 127 Å². The standard InChI is InChI=1S/C18H24N2O/c1-12(2)11-20(5)18(21)10-16-13(3)15-8-6-7-9-17(15)19-14(16)4/h6-9,12H,10-11H2,1-5H3. The lowest BCUT2D eigenvalue weighted by atomic mass is 9.99. The molecule has 1 aromatic carbocycles. The van der Waals surface area contributed by atoms with Gasteiger partial charge >= 0.3 is 0 Å². The normalized spacial score (nSPS) is 11.1. The van der Waals surface area contributed by atoms with Crippen molar-refractivity contribution >= 4 is 16.8 Å². The van der Waals surface area contributed by atoms with Crippen LogP contribution in [-0.4, -0.2) is 29.4 Å². The number of hydrogen-bond acceptors (Lipinski definition) is 2. The molecule has 2 aromatic rings. The first kappa shape index (κ1) is 15.5. The number of rotatable bonds is 4. The Kier molecular flexibility index (Phi) is 4.61. The minimum Gasteiger partial charge on any atom is -0.345 e. The number of hydrogen-bond donors (Lipinski definition) is 0. The number of aryl methyl sites for hydroxylation is 2. The highest BCUT2D eigenvalue weighted by Gasteiger charge is 2.16. The van der Waals surface area contributed by atoms with Gasteiger partial charge in [0.05, 0.1) is 11.9 Å². The van der Waals surface area contributed by atoms with Crippen molar-refractivity contribution in [2.24, 2.45) is 5.92 Å². The predicted molar refractivity (Wildman–Crippen MR) is 87.4 cm³/mol. The first-order chi connectivity index (χ1) is 9.90. The number of aromatic nitrogens is 1. The van der Waals surface area contributed by atoms with Gasteiger partial charge in [0, 0.05) is 24.7 Å². The van der Waals surface area contributed by atoms with Gasteiger partial charge in [-0.2, -0.15) is 0 Å². The number of benzene rings is 1. The second kappa shape index (κ2) is 6.25. The van der Waals surface area contributed by atoms with Crippen LogP contribution >= 0.6 is 0 Å². The molecule has 112 valence electrons. The fourth-order valence-corrected chi connectivity index (χ4v) is 2.77. The molecule has 0 atom stereocenters. The second-order valence-electron chi connectivity index (χ2n) is 6.16. The smallest absolute Gasteiger partial charge is 0.226 e. The summed E-state index contributed by atoms with van der Waals surface area (Å²) in [5.41, 5.74) is 4.19. The molecule has 0 aliphatic heterocycles. The predicted octanol–water partition coefficient (Wildman–Crippen LogP) is 3.51. The monoisotopic (exact) mass is 284 g/mol. The molecule has 0 unspecified atom stereocenters. The zero-order valence-corrected chi connectivity index (χ0v) is 13.6. The van der Waals surface area contributed by atoms with Crippen molar-refractivity contribution in [2.45, 2.75) is 34.1 Å². The molecule has 0 saturated heterocycles. The van der Waals surface area contributed by atoms with Crippen LogP contribution in [0.5, 0.6) is 0 Å². The van der Waals surface area contributed by atoms with E-state index in [4.69, 9.17) is 0 Å². The van der Waals surface area contributed by atoms with Gasteiger partial charge in [0.25, 0.3) is 0 Å². The lowest BCUT2D eigenvalue weighted by molar-refractivity contribution is -0.129. The average Bonchev–Trinajstić information content (AvgIpc) is 2.42. The Balaban J connectivity index is 2.32. The topological polar surface area (TPSA) is 33.2 Å². The molecule has 0 spiro atoms. The van der Waals surface area contributed by atoms with Crippen LogP contribution in [0.1, 0.15) is 30.7 Å². The number of carbonyl (C=O) groups excluding carboxylic acids is 1. The molecule has 3 heteroatoms. The molecule has 0 saturated carbocycles. The maximum atomic E-state index is 12.4. The summed E-state index contributed by atoms with van der Waals surface area (Å²) >= 11 is 0. The third-order valence-corrected chi connectivity index (χ3v) is 3.88. The van der Waals surface area contributed by atoms with Crippen molar-refractivity contribution in [3.63, 3.8) is 0 Å². The van der Waals surface area contributed by atoms with Crippen LogP contribution < -0.4 is 0 Å². The van der Waals surface area contributed by atoms with E-state index in [1.54, 1.807) is 0 Å². The summed E-state index contributed by atoms with van der Waals surface area (Å²) in [6.07, 6.45) is 0.429. The SMILES string of the molecule is Cc1nc2ccccc2c(C)c1CC(=O)N(C)CC(C)C. The molecular formula is C18H24N2O. The van der Waals surface area contributed by atoms with E-state index in [1.807, 2.05) is 37.1 Å². The van der Waals surface area contributed by atoms with Gasteiger partial charge in [0.15, 0.2) is 0 Å². The van der Waals surface area contributed by atoms with E-state index in [2.05, 4.69) is 31.8 Å². The highest BCUT2D eigenvalue weighted by Crippen LogP contribution is 2.23. The number of carbonyl (C=O) groups is 1. The van der Waals surface area contributed by atoms with E-state index in [-0.39, 0.29) is 5.91 Å². The maximum absolute atomic E-state index is 12.4. The van der Waals surface area contributed by atoms with E-state index in [0.717, 1.165) is 28.7 Å². The van der Waals surface area contributed by atoms with Gasteiger partial charge in [-0.15, -0.1) is 0 Å². The highest BCUT2D eigenvalue weighted by molar-refractivity contribution is 5.86. The summed E-state index contributed by atoms with van der Waals surface area (Å²) in [7, 11) is 1.88. The molecule has 0 N–H and O–H groups in total. The molecule has 2 rings (SSSR count). The van der Waals surface area contributed by atoms with Gasteiger partial charge in [0.1, 0.15) is 0 Å². The molecule has 1 amide bonds. The van der Waals surface area contributed by atoms with Crippen LogP contribution in [0.4, 0.5) is 0 Å². The van der Waals surface area contributed by atoms with Crippen LogP contribution in [0.2, 0.25) is 0 Å². The largest absolute Gasteiger partial charge is 0.345 e. The second-order valence-corrected chi connectivity index (χ2v) is 6.16. The van der Waals surface area contributed by atoms with E-state index < -0.39 is 0 Å². The molecule has 0 fully saturated rings. The number of para-hydroxylation sites is 1. The quantitative estimate of drug-likeness (QED) is 0.861. The molecule has 0 radical (unpaired) electrons. The number of pyridine rings is 1. The van der Waals surface area contributed by atoms with Crippen molar-refractivity contribution < 1.29 is 4.79 Å². The Morgan fingerprint density at radius 3 is 2.57 bits per heavy atom. The van der Waals surface area contributed by atoms with Gasteiger partial charge in [-0.25, -0.2) is 0 Å².